The van der Waals surface area contributed by atoms with Crippen LogP contribution in [-0.2, 0) is 16.0 Å². The Morgan fingerprint density at radius 2 is 1.57 bits per heavy atom. The predicted octanol–water partition coefficient (Wildman–Crippen LogP) is 4.62. The fourth-order valence-corrected chi connectivity index (χ4v) is 3.37. The molecular formula is C22H24Cl2N4O2. The lowest BCUT2D eigenvalue weighted by Crippen LogP contribution is -2.48. The van der Waals surface area contributed by atoms with Crippen LogP contribution in [-0.4, -0.2) is 48.5 Å². The highest BCUT2D eigenvalue weighted by molar-refractivity contribution is 6.30. The highest BCUT2D eigenvalue weighted by Crippen LogP contribution is 2.24. The molecule has 2 aliphatic heterocycles. The van der Waals surface area contributed by atoms with Crippen LogP contribution < -0.4 is 10.2 Å². The van der Waals surface area contributed by atoms with Crippen LogP contribution in [0.25, 0.3) is 0 Å². The molecule has 1 aromatic heterocycles. The summed E-state index contributed by atoms with van der Waals surface area (Å²) in [6.45, 7) is 3.97. The van der Waals surface area contributed by atoms with Crippen molar-refractivity contribution in [1.29, 1.82) is 0 Å². The number of nitrogens with zero attached hydrogens (tertiary/aromatic N) is 2. The van der Waals surface area contributed by atoms with Crippen LogP contribution in [0.5, 0.6) is 0 Å². The summed E-state index contributed by atoms with van der Waals surface area (Å²) in [5.74, 6) is 0. The van der Waals surface area contributed by atoms with E-state index in [2.05, 4.69) is 20.2 Å². The van der Waals surface area contributed by atoms with Crippen molar-refractivity contribution in [2.75, 3.05) is 36.6 Å². The molecule has 0 aliphatic carbocycles. The van der Waals surface area contributed by atoms with Crippen molar-refractivity contribution in [3.05, 3.63) is 76.8 Å². The lowest BCUT2D eigenvalue weighted by molar-refractivity contribution is 0.00736. The van der Waals surface area contributed by atoms with E-state index in [1.807, 2.05) is 54.7 Å². The maximum atomic E-state index is 5.93. The van der Waals surface area contributed by atoms with Gasteiger partial charge in [-0.1, -0.05) is 23.2 Å². The van der Waals surface area contributed by atoms with Gasteiger partial charge in [-0.25, -0.2) is 4.98 Å². The van der Waals surface area contributed by atoms with E-state index in [0.717, 1.165) is 60.1 Å². The second-order valence-corrected chi connectivity index (χ2v) is 8.13. The maximum Gasteiger partial charge on any atom is 0.0922 e. The molecule has 0 amide bonds. The number of imidazole rings is 1. The molecule has 2 N–H and O–H groups in total. The maximum absolute atomic E-state index is 5.93. The zero-order valence-corrected chi connectivity index (χ0v) is 17.9. The lowest BCUT2D eigenvalue weighted by Gasteiger charge is -2.38. The molecule has 0 radical (unpaired) electrons. The van der Waals surface area contributed by atoms with E-state index in [-0.39, 0.29) is 0 Å². The Hall–Kier alpha value is -2.25. The Morgan fingerprint density at radius 1 is 0.933 bits per heavy atom. The Morgan fingerprint density at radius 3 is 2.07 bits per heavy atom. The van der Waals surface area contributed by atoms with Crippen molar-refractivity contribution < 1.29 is 9.47 Å². The van der Waals surface area contributed by atoms with Gasteiger partial charge in [-0.05, 0) is 48.5 Å². The van der Waals surface area contributed by atoms with Gasteiger partial charge in [0.2, 0.25) is 0 Å². The van der Waals surface area contributed by atoms with Crippen LogP contribution in [0, 0.1) is 0 Å². The summed E-state index contributed by atoms with van der Waals surface area (Å²) < 4.78 is 10.3. The van der Waals surface area contributed by atoms with Gasteiger partial charge in [0.25, 0.3) is 0 Å². The third-order valence-electron chi connectivity index (χ3n) is 4.97. The number of anilines is 2. The largest absolute Gasteiger partial charge is 0.378 e. The molecule has 8 heteroatoms. The molecule has 5 rings (SSSR count). The second-order valence-electron chi connectivity index (χ2n) is 7.26. The number of aromatic nitrogens is 2. The topological polar surface area (TPSA) is 62.4 Å². The van der Waals surface area contributed by atoms with Gasteiger partial charge in [0.15, 0.2) is 0 Å². The number of H-pyrrole nitrogens is 1. The van der Waals surface area contributed by atoms with Gasteiger partial charge in [0.05, 0.1) is 57.1 Å². The summed E-state index contributed by atoms with van der Waals surface area (Å²) in [6, 6.07) is 16.5. The molecule has 2 aromatic carbocycles. The molecule has 30 heavy (non-hydrogen) atoms. The minimum Gasteiger partial charge on any atom is -0.378 e. The molecule has 2 aliphatic rings. The molecule has 6 nitrogen and oxygen atoms in total. The molecule has 3 heterocycles. The van der Waals surface area contributed by atoms with Crippen LogP contribution in [0.15, 0.2) is 61.1 Å². The van der Waals surface area contributed by atoms with E-state index in [0.29, 0.717) is 12.1 Å². The molecule has 0 spiro atoms. The molecule has 2 fully saturated rings. The lowest BCUT2D eigenvalue weighted by atomic mass is 10.1. The van der Waals surface area contributed by atoms with E-state index in [4.69, 9.17) is 32.7 Å². The van der Waals surface area contributed by atoms with Crippen molar-refractivity contribution in [2.24, 2.45) is 0 Å². The first-order valence-corrected chi connectivity index (χ1v) is 10.6. The highest BCUT2D eigenvalue weighted by Gasteiger charge is 2.26. The average molecular weight is 447 g/mol. The zero-order valence-electron chi connectivity index (χ0n) is 16.4. The normalized spacial score (nSPS) is 16.1. The molecule has 3 aromatic rings. The predicted molar refractivity (Wildman–Crippen MR) is 121 cm³/mol. The summed E-state index contributed by atoms with van der Waals surface area (Å²) in [4.78, 5) is 9.50. The molecule has 2 saturated heterocycles. The number of nitrogens with one attached hydrogen (secondary N) is 2. The number of hydrogen-bond donors (Lipinski definition) is 2. The summed E-state index contributed by atoms with van der Waals surface area (Å²) in [5.41, 5.74) is 3.35. The third-order valence-corrected chi connectivity index (χ3v) is 5.47. The van der Waals surface area contributed by atoms with Gasteiger partial charge in [-0.3, -0.25) is 0 Å². The smallest absolute Gasteiger partial charge is 0.0922 e. The van der Waals surface area contributed by atoms with Crippen molar-refractivity contribution >= 4 is 34.6 Å². The molecule has 158 valence electrons. The standard InChI is InChI=1S/C13H14ClN3O.C9H10ClNO/c14-10-1-3-12(4-2-10)17(13-7-18-8-13)6-11-5-15-9-16-11;10-7-1-3-8(4-2-7)11-9-5-12-6-9/h1-5,9,13H,6-8H2,(H,15,16);1-4,9,11H,5-6H2. The first kappa shape index (κ1) is 21.0. The SMILES string of the molecule is Clc1ccc(N(Cc2cnc[nH]2)C2COC2)cc1.Clc1ccc(NC2COC2)cc1. The van der Waals surface area contributed by atoms with E-state index in [9.17, 15) is 0 Å². The summed E-state index contributed by atoms with van der Waals surface area (Å²) >= 11 is 11.7. The van der Waals surface area contributed by atoms with Crippen molar-refractivity contribution in [3.8, 4) is 0 Å². The molecule has 0 saturated carbocycles. The van der Waals surface area contributed by atoms with Gasteiger partial charge >= 0.3 is 0 Å². The Labute approximate surface area is 186 Å². The minimum absolute atomic E-state index is 0.425. The fraction of sp³-hybridized carbons (Fsp3) is 0.318. The van der Waals surface area contributed by atoms with Crippen molar-refractivity contribution in [3.63, 3.8) is 0 Å². The van der Waals surface area contributed by atoms with Gasteiger partial charge in [-0.15, -0.1) is 0 Å². The van der Waals surface area contributed by atoms with Crippen LogP contribution >= 0.6 is 23.2 Å². The summed E-state index contributed by atoms with van der Waals surface area (Å²) in [6.07, 6.45) is 3.55. The average Bonchev–Trinajstić information content (AvgIpc) is 3.19. The van der Waals surface area contributed by atoms with Crippen molar-refractivity contribution in [2.45, 2.75) is 18.6 Å². The summed E-state index contributed by atoms with van der Waals surface area (Å²) in [7, 11) is 0. The van der Waals surface area contributed by atoms with Gasteiger partial charge in [-0.2, -0.15) is 0 Å². The van der Waals surface area contributed by atoms with E-state index in [1.165, 1.54) is 0 Å². The number of hydrogen-bond acceptors (Lipinski definition) is 5. The second kappa shape index (κ2) is 10.2. The Kier molecular flexibility index (Phi) is 7.12. The Balaban J connectivity index is 0.000000158. The quantitative estimate of drug-likeness (QED) is 0.578. The van der Waals surface area contributed by atoms with E-state index in [1.54, 1.807) is 6.33 Å². The van der Waals surface area contributed by atoms with E-state index < -0.39 is 0 Å². The number of benzene rings is 2. The van der Waals surface area contributed by atoms with Crippen LogP contribution in [0.1, 0.15) is 5.69 Å². The number of aromatic amines is 1. The number of rotatable bonds is 6. The molecule has 0 bridgehead atoms. The van der Waals surface area contributed by atoms with E-state index >= 15 is 0 Å². The minimum atomic E-state index is 0.425. The van der Waals surface area contributed by atoms with Crippen molar-refractivity contribution in [1.82, 2.24) is 9.97 Å². The van der Waals surface area contributed by atoms with Gasteiger partial charge < -0.3 is 24.7 Å². The molecule has 0 atom stereocenters. The van der Waals surface area contributed by atoms with Gasteiger partial charge in [0.1, 0.15) is 0 Å². The van der Waals surface area contributed by atoms with Crippen LogP contribution in [0.3, 0.4) is 0 Å². The fourth-order valence-electron chi connectivity index (χ4n) is 3.12. The zero-order chi connectivity index (χ0) is 20.8. The molecule has 0 unspecified atom stereocenters. The van der Waals surface area contributed by atoms with Gasteiger partial charge in [0, 0.05) is 27.6 Å². The Bertz CT molecular complexity index is 896. The number of ether oxygens (including phenoxy) is 2. The molecular weight excluding hydrogens is 423 g/mol. The number of halogens is 2. The first-order chi connectivity index (χ1) is 14.7. The summed E-state index contributed by atoms with van der Waals surface area (Å²) in [5, 5.41) is 4.85. The monoisotopic (exact) mass is 446 g/mol. The third kappa shape index (κ3) is 5.67. The van der Waals surface area contributed by atoms with Crippen LogP contribution in [0.4, 0.5) is 11.4 Å². The highest BCUT2D eigenvalue weighted by atomic mass is 35.5. The van der Waals surface area contributed by atoms with Crippen LogP contribution in [0.2, 0.25) is 10.0 Å². The first-order valence-electron chi connectivity index (χ1n) is 9.84.